The Morgan fingerprint density at radius 2 is 2.33 bits per heavy atom. The molecular formula is C12H13FN6O2. The van der Waals surface area contributed by atoms with Crippen molar-refractivity contribution >= 4 is 11.6 Å². The lowest BCUT2D eigenvalue weighted by Gasteiger charge is -2.11. The van der Waals surface area contributed by atoms with Crippen LogP contribution in [0.4, 0.5) is 16.0 Å². The number of aromatic amines is 1. The summed E-state index contributed by atoms with van der Waals surface area (Å²) in [5, 5.41) is 17.7. The molecule has 21 heavy (non-hydrogen) atoms. The molecule has 1 fully saturated rings. The van der Waals surface area contributed by atoms with Gasteiger partial charge in [0.15, 0.2) is 5.82 Å². The van der Waals surface area contributed by atoms with E-state index in [-0.39, 0.29) is 23.1 Å². The highest BCUT2D eigenvalue weighted by molar-refractivity contribution is 5.68. The summed E-state index contributed by atoms with van der Waals surface area (Å²) in [6.45, 7) is 1.35. The van der Waals surface area contributed by atoms with Crippen molar-refractivity contribution in [2.45, 2.75) is 12.5 Å². The van der Waals surface area contributed by atoms with Crippen LogP contribution in [0.3, 0.4) is 0 Å². The molecular weight excluding hydrogens is 279 g/mol. The third-order valence-corrected chi connectivity index (χ3v) is 3.39. The van der Waals surface area contributed by atoms with Crippen LogP contribution < -0.4 is 10.6 Å². The Labute approximate surface area is 118 Å². The molecule has 110 valence electrons. The number of benzene rings is 1. The normalized spacial score (nSPS) is 18.2. The Kier molecular flexibility index (Phi) is 3.26. The van der Waals surface area contributed by atoms with Crippen LogP contribution in [0.2, 0.25) is 0 Å². The average molecular weight is 292 g/mol. The molecule has 2 heterocycles. The van der Waals surface area contributed by atoms with Gasteiger partial charge in [-0.05, 0) is 18.6 Å². The zero-order chi connectivity index (χ0) is 15.0. The number of H-pyrrole nitrogens is 1. The van der Waals surface area contributed by atoms with Crippen LogP contribution in [0.15, 0.2) is 18.2 Å². The van der Waals surface area contributed by atoms with Crippen LogP contribution in [0.25, 0.3) is 11.4 Å². The van der Waals surface area contributed by atoms with Crippen molar-refractivity contribution in [1.29, 1.82) is 0 Å². The molecule has 1 saturated heterocycles. The SMILES string of the molecule is NC1CCN(c2n[nH]c(-c3cc(F)ccc3[N+](=O)[O-])n2)C1. The highest BCUT2D eigenvalue weighted by Gasteiger charge is 2.24. The largest absolute Gasteiger partial charge is 0.338 e. The molecule has 0 aliphatic carbocycles. The van der Waals surface area contributed by atoms with E-state index in [0.717, 1.165) is 31.2 Å². The smallest absolute Gasteiger partial charge is 0.280 e. The first-order valence-corrected chi connectivity index (χ1v) is 6.42. The van der Waals surface area contributed by atoms with Crippen molar-refractivity contribution in [3.05, 3.63) is 34.1 Å². The number of nitrogens with two attached hydrogens (primary N) is 1. The van der Waals surface area contributed by atoms with E-state index in [9.17, 15) is 14.5 Å². The number of anilines is 1. The molecule has 3 rings (SSSR count). The molecule has 0 radical (unpaired) electrons. The van der Waals surface area contributed by atoms with Gasteiger partial charge in [-0.15, -0.1) is 5.10 Å². The highest BCUT2D eigenvalue weighted by atomic mass is 19.1. The minimum Gasteiger partial charge on any atom is -0.338 e. The molecule has 1 aliphatic rings. The summed E-state index contributed by atoms with van der Waals surface area (Å²) >= 11 is 0. The van der Waals surface area contributed by atoms with Crippen LogP contribution >= 0.6 is 0 Å². The molecule has 1 aromatic heterocycles. The second kappa shape index (κ2) is 5.09. The van der Waals surface area contributed by atoms with Crippen molar-refractivity contribution in [3.63, 3.8) is 0 Å². The first-order chi connectivity index (χ1) is 10.0. The molecule has 0 amide bonds. The van der Waals surface area contributed by atoms with E-state index >= 15 is 0 Å². The van der Waals surface area contributed by atoms with Crippen LogP contribution in [0, 0.1) is 15.9 Å². The summed E-state index contributed by atoms with van der Waals surface area (Å²) in [7, 11) is 0. The van der Waals surface area contributed by atoms with E-state index in [2.05, 4.69) is 15.2 Å². The Balaban J connectivity index is 1.96. The Morgan fingerprint density at radius 3 is 3.00 bits per heavy atom. The number of nitro groups is 1. The molecule has 8 nitrogen and oxygen atoms in total. The third-order valence-electron chi connectivity index (χ3n) is 3.39. The molecule has 0 saturated carbocycles. The van der Waals surface area contributed by atoms with Crippen LogP contribution in [-0.2, 0) is 0 Å². The molecule has 1 aromatic carbocycles. The lowest BCUT2D eigenvalue weighted by Crippen LogP contribution is -2.26. The molecule has 1 aliphatic heterocycles. The molecule has 1 unspecified atom stereocenters. The van der Waals surface area contributed by atoms with E-state index < -0.39 is 10.7 Å². The van der Waals surface area contributed by atoms with Crippen LogP contribution in [-0.4, -0.2) is 39.2 Å². The first-order valence-electron chi connectivity index (χ1n) is 6.42. The monoisotopic (exact) mass is 292 g/mol. The standard InChI is InChI=1S/C12H13FN6O2/c13-7-1-2-10(19(20)21)9(5-7)11-15-12(17-16-11)18-4-3-8(14)6-18/h1-2,5,8H,3-4,6,14H2,(H,15,16,17). The lowest BCUT2D eigenvalue weighted by atomic mass is 10.1. The summed E-state index contributed by atoms with van der Waals surface area (Å²) in [5.41, 5.74) is 5.66. The molecule has 9 heteroatoms. The quantitative estimate of drug-likeness (QED) is 0.645. The van der Waals surface area contributed by atoms with Gasteiger partial charge >= 0.3 is 0 Å². The molecule has 1 atom stereocenters. The number of halogens is 1. The Morgan fingerprint density at radius 1 is 1.52 bits per heavy atom. The van der Waals surface area contributed by atoms with Crippen molar-refractivity contribution in [2.24, 2.45) is 5.73 Å². The third kappa shape index (κ3) is 2.55. The Bertz CT molecular complexity index is 688. The van der Waals surface area contributed by atoms with Crippen molar-refractivity contribution < 1.29 is 9.31 Å². The summed E-state index contributed by atoms with van der Waals surface area (Å²) < 4.78 is 13.3. The van der Waals surface area contributed by atoms with E-state index in [1.165, 1.54) is 0 Å². The minimum absolute atomic E-state index is 0.0652. The van der Waals surface area contributed by atoms with Gasteiger partial charge in [0, 0.05) is 25.2 Å². The van der Waals surface area contributed by atoms with Gasteiger partial charge in [0.25, 0.3) is 5.69 Å². The fourth-order valence-corrected chi connectivity index (χ4v) is 2.34. The van der Waals surface area contributed by atoms with E-state index in [4.69, 9.17) is 5.73 Å². The predicted octanol–water partition coefficient (Wildman–Crippen LogP) is 1.06. The van der Waals surface area contributed by atoms with Crippen molar-refractivity contribution in [1.82, 2.24) is 15.2 Å². The maximum Gasteiger partial charge on any atom is 0.280 e. The second-order valence-electron chi connectivity index (χ2n) is 4.90. The fraction of sp³-hybridized carbons (Fsp3) is 0.333. The molecule has 3 N–H and O–H groups in total. The van der Waals surface area contributed by atoms with Gasteiger partial charge in [-0.25, -0.2) is 4.39 Å². The molecule has 2 aromatic rings. The maximum atomic E-state index is 13.3. The van der Waals surface area contributed by atoms with Crippen LogP contribution in [0.1, 0.15) is 6.42 Å². The topological polar surface area (TPSA) is 114 Å². The number of nitrogens with zero attached hydrogens (tertiary/aromatic N) is 4. The van der Waals surface area contributed by atoms with Gasteiger partial charge in [-0.2, -0.15) is 4.98 Å². The highest BCUT2D eigenvalue weighted by Crippen LogP contribution is 2.29. The van der Waals surface area contributed by atoms with Crippen molar-refractivity contribution in [3.8, 4) is 11.4 Å². The van der Waals surface area contributed by atoms with Gasteiger partial charge in [0.1, 0.15) is 5.82 Å². The number of hydrogen-bond acceptors (Lipinski definition) is 6. The number of hydrogen-bond donors (Lipinski definition) is 2. The average Bonchev–Trinajstić information content (AvgIpc) is 3.06. The van der Waals surface area contributed by atoms with Gasteiger partial charge in [-0.3, -0.25) is 15.2 Å². The number of aromatic nitrogens is 3. The first kappa shape index (κ1) is 13.4. The zero-order valence-corrected chi connectivity index (χ0v) is 11.0. The molecule has 0 spiro atoms. The van der Waals surface area contributed by atoms with Crippen molar-refractivity contribution in [2.75, 3.05) is 18.0 Å². The summed E-state index contributed by atoms with van der Waals surface area (Å²) in [5.74, 6) is 0.00456. The van der Waals surface area contributed by atoms with Gasteiger partial charge in [-0.1, -0.05) is 0 Å². The Hall–Kier alpha value is -2.55. The van der Waals surface area contributed by atoms with Gasteiger partial charge in [0.2, 0.25) is 5.95 Å². The van der Waals surface area contributed by atoms with E-state index in [1.54, 1.807) is 0 Å². The summed E-state index contributed by atoms with van der Waals surface area (Å²) in [6.07, 6.45) is 0.837. The second-order valence-corrected chi connectivity index (χ2v) is 4.90. The lowest BCUT2D eigenvalue weighted by molar-refractivity contribution is -0.384. The van der Waals surface area contributed by atoms with Gasteiger partial charge in [0.05, 0.1) is 10.5 Å². The maximum absolute atomic E-state index is 13.3. The zero-order valence-electron chi connectivity index (χ0n) is 11.0. The number of nitrogens with one attached hydrogen (secondary N) is 1. The van der Waals surface area contributed by atoms with E-state index in [1.807, 2.05) is 4.90 Å². The fourth-order valence-electron chi connectivity index (χ4n) is 2.34. The summed E-state index contributed by atoms with van der Waals surface area (Å²) in [4.78, 5) is 16.5. The van der Waals surface area contributed by atoms with Gasteiger partial charge < -0.3 is 10.6 Å². The van der Waals surface area contributed by atoms with Crippen LogP contribution in [0.5, 0.6) is 0 Å². The number of rotatable bonds is 3. The predicted molar refractivity (Wildman–Crippen MR) is 73.2 cm³/mol. The van der Waals surface area contributed by atoms with E-state index in [0.29, 0.717) is 12.5 Å². The molecule has 0 bridgehead atoms. The summed E-state index contributed by atoms with van der Waals surface area (Å²) in [6, 6.07) is 3.28. The minimum atomic E-state index is -0.581. The number of nitro benzene ring substituents is 1.